The molecule has 0 fully saturated rings. The van der Waals surface area contributed by atoms with Crippen LogP contribution in [0.15, 0.2) is 0 Å². The van der Waals surface area contributed by atoms with Gasteiger partial charge in [0.25, 0.3) is 0 Å². The van der Waals surface area contributed by atoms with Gasteiger partial charge in [-0.3, -0.25) is 0 Å². The average Bonchev–Trinajstić information content (AvgIpc) is 2.02. The van der Waals surface area contributed by atoms with E-state index in [1.54, 1.807) is 0 Å². The molecule has 0 saturated carbocycles. The largest absolute Gasteiger partial charge is 0.396 e. The van der Waals surface area contributed by atoms with Crippen molar-refractivity contribution in [2.24, 2.45) is 17.8 Å². The molecule has 0 aromatic rings. The molecule has 0 rings (SSSR count). The van der Waals surface area contributed by atoms with Crippen LogP contribution in [-0.2, 0) is 0 Å². The number of aliphatic hydroxyl groups excluding tert-OH is 1. The Balaban J connectivity index is 4.44. The Morgan fingerprint density at radius 1 is 1.07 bits per heavy atom. The Kier molecular flexibility index (Phi) is 6.38. The van der Waals surface area contributed by atoms with Gasteiger partial charge >= 0.3 is 0 Å². The van der Waals surface area contributed by atoms with Gasteiger partial charge in [-0.2, -0.15) is 0 Å². The first kappa shape index (κ1) is 13.9. The summed E-state index contributed by atoms with van der Waals surface area (Å²) in [6, 6.07) is 0.500. The lowest BCUT2D eigenvalue weighted by atomic mass is 9.84. The summed E-state index contributed by atoms with van der Waals surface area (Å²) in [4.78, 5) is 2.25. The molecule has 2 unspecified atom stereocenters. The maximum atomic E-state index is 9.40. The minimum absolute atomic E-state index is 0.299. The summed E-state index contributed by atoms with van der Waals surface area (Å²) in [6.45, 7) is 9.17. The molecular formula is C12H27NO. The zero-order valence-electron chi connectivity index (χ0n) is 10.6. The molecule has 14 heavy (non-hydrogen) atoms. The van der Waals surface area contributed by atoms with Crippen LogP contribution >= 0.6 is 0 Å². The average molecular weight is 201 g/mol. The molecule has 86 valence electrons. The lowest BCUT2D eigenvalue weighted by Gasteiger charge is -2.35. The van der Waals surface area contributed by atoms with E-state index in [2.05, 4.69) is 46.7 Å². The second-order valence-electron chi connectivity index (χ2n) is 5.25. The highest BCUT2D eigenvalue weighted by atomic mass is 16.3. The van der Waals surface area contributed by atoms with Crippen LogP contribution in [0, 0.1) is 17.8 Å². The molecule has 2 atom stereocenters. The maximum absolute atomic E-state index is 9.40. The Morgan fingerprint density at radius 2 is 1.57 bits per heavy atom. The molecule has 0 saturated heterocycles. The van der Waals surface area contributed by atoms with E-state index in [0.717, 1.165) is 6.42 Å². The number of nitrogens with zero attached hydrogens (tertiary/aromatic N) is 1. The van der Waals surface area contributed by atoms with E-state index in [0.29, 0.717) is 30.4 Å². The van der Waals surface area contributed by atoms with Crippen molar-refractivity contribution in [2.45, 2.75) is 40.2 Å². The van der Waals surface area contributed by atoms with Crippen molar-refractivity contribution in [3.63, 3.8) is 0 Å². The normalized spacial score (nSPS) is 16.7. The Labute approximate surface area is 89.3 Å². The molecule has 0 aliphatic heterocycles. The summed E-state index contributed by atoms with van der Waals surface area (Å²) in [5, 5.41) is 9.40. The standard InChI is InChI=1S/C12H27NO/c1-9(2)7-12(13(5)6)11(8-14)10(3)4/h9-12,14H,7-8H2,1-6H3. The van der Waals surface area contributed by atoms with E-state index in [1.165, 1.54) is 0 Å². The van der Waals surface area contributed by atoms with Crippen molar-refractivity contribution in [2.75, 3.05) is 20.7 Å². The molecule has 0 aliphatic rings. The van der Waals surface area contributed by atoms with Crippen molar-refractivity contribution >= 4 is 0 Å². The van der Waals surface area contributed by atoms with Crippen LogP contribution < -0.4 is 0 Å². The molecule has 0 radical (unpaired) electrons. The molecule has 0 aromatic carbocycles. The first-order valence-electron chi connectivity index (χ1n) is 5.67. The van der Waals surface area contributed by atoms with Gasteiger partial charge in [-0.25, -0.2) is 0 Å². The van der Waals surface area contributed by atoms with Crippen LogP contribution in [0.2, 0.25) is 0 Å². The number of aliphatic hydroxyl groups is 1. The number of hydrogen-bond donors (Lipinski definition) is 1. The van der Waals surface area contributed by atoms with Crippen molar-refractivity contribution in [1.29, 1.82) is 0 Å². The van der Waals surface area contributed by atoms with E-state index < -0.39 is 0 Å². The van der Waals surface area contributed by atoms with E-state index in [-0.39, 0.29) is 0 Å². The molecule has 0 spiro atoms. The first-order chi connectivity index (χ1) is 6.40. The van der Waals surface area contributed by atoms with Gasteiger partial charge in [0.05, 0.1) is 0 Å². The van der Waals surface area contributed by atoms with Gasteiger partial charge in [-0.05, 0) is 38.3 Å². The molecule has 0 aliphatic carbocycles. The second-order valence-corrected chi connectivity index (χ2v) is 5.25. The van der Waals surface area contributed by atoms with Gasteiger partial charge in [0, 0.05) is 12.6 Å². The topological polar surface area (TPSA) is 23.5 Å². The third-order valence-electron chi connectivity index (χ3n) is 2.94. The fraction of sp³-hybridized carbons (Fsp3) is 1.00. The molecule has 2 nitrogen and oxygen atoms in total. The summed E-state index contributed by atoms with van der Waals surface area (Å²) in [5.41, 5.74) is 0. The van der Waals surface area contributed by atoms with Crippen LogP contribution in [0.25, 0.3) is 0 Å². The van der Waals surface area contributed by atoms with Crippen LogP contribution in [0.4, 0.5) is 0 Å². The minimum atomic E-state index is 0.299. The molecule has 0 aromatic heterocycles. The van der Waals surface area contributed by atoms with Crippen LogP contribution in [0.5, 0.6) is 0 Å². The lowest BCUT2D eigenvalue weighted by molar-refractivity contribution is 0.0872. The first-order valence-corrected chi connectivity index (χ1v) is 5.67. The molecule has 1 N–H and O–H groups in total. The van der Waals surface area contributed by atoms with E-state index in [9.17, 15) is 5.11 Å². The second kappa shape index (κ2) is 6.41. The molecule has 2 heteroatoms. The molecule has 0 bridgehead atoms. The SMILES string of the molecule is CC(C)CC(C(CO)C(C)C)N(C)C. The minimum Gasteiger partial charge on any atom is -0.396 e. The smallest absolute Gasteiger partial charge is 0.0476 e. The number of hydrogen-bond acceptors (Lipinski definition) is 2. The summed E-state index contributed by atoms with van der Waals surface area (Å²) >= 11 is 0. The highest BCUT2D eigenvalue weighted by Crippen LogP contribution is 2.23. The van der Waals surface area contributed by atoms with Crippen molar-refractivity contribution in [1.82, 2.24) is 4.90 Å². The van der Waals surface area contributed by atoms with Gasteiger partial charge in [0.2, 0.25) is 0 Å². The van der Waals surface area contributed by atoms with Crippen molar-refractivity contribution in [3.8, 4) is 0 Å². The fourth-order valence-corrected chi connectivity index (χ4v) is 2.03. The predicted molar refractivity (Wildman–Crippen MR) is 62.3 cm³/mol. The molecule has 0 amide bonds. The zero-order chi connectivity index (χ0) is 11.3. The van der Waals surface area contributed by atoms with Gasteiger partial charge in [-0.1, -0.05) is 27.7 Å². The Bertz CT molecular complexity index is 143. The summed E-state index contributed by atoms with van der Waals surface area (Å²) < 4.78 is 0. The van der Waals surface area contributed by atoms with Gasteiger partial charge in [0.15, 0.2) is 0 Å². The van der Waals surface area contributed by atoms with Gasteiger partial charge in [0.1, 0.15) is 0 Å². The maximum Gasteiger partial charge on any atom is 0.0476 e. The van der Waals surface area contributed by atoms with Crippen LogP contribution in [0.3, 0.4) is 0 Å². The summed E-state index contributed by atoms with van der Waals surface area (Å²) in [7, 11) is 4.22. The lowest BCUT2D eigenvalue weighted by Crippen LogP contribution is -2.40. The predicted octanol–water partition coefficient (Wildman–Crippen LogP) is 2.23. The van der Waals surface area contributed by atoms with E-state index >= 15 is 0 Å². The fourth-order valence-electron chi connectivity index (χ4n) is 2.03. The molecule has 0 heterocycles. The van der Waals surface area contributed by atoms with E-state index in [1.807, 2.05) is 0 Å². The summed E-state index contributed by atoms with van der Waals surface area (Å²) in [6.07, 6.45) is 1.16. The molecular weight excluding hydrogens is 174 g/mol. The monoisotopic (exact) mass is 201 g/mol. The van der Waals surface area contributed by atoms with Crippen molar-refractivity contribution < 1.29 is 5.11 Å². The van der Waals surface area contributed by atoms with Gasteiger partial charge < -0.3 is 10.0 Å². The van der Waals surface area contributed by atoms with Crippen molar-refractivity contribution in [3.05, 3.63) is 0 Å². The third-order valence-corrected chi connectivity index (χ3v) is 2.94. The Hall–Kier alpha value is -0.0800. The highest BCUT2D eigenvalue weighted by molar-refractivity contribution is 4.79. The van der Waals surface area contributed by atoms with Crippen LogP contribution in [0.1, 0.15) is 34.1 Å². The Morgan fingerprint density at radius 3 is 1.79 bits per heavy atom. The van der Waals surface area contributed by atoms with Crippen LogP contribution in [-0.4, -0.2) is 36.8 Å². The third kappa shape index (κ3) is 4.43. The summed E-state index contributed by atoms with van der Waals surface area (Å²) in [5.74, 6) is 1.63. The van der Waals surface area contributed by atoms with Gasteiger partial charge in [-0.15, -0.1) is 0 Å². The van der Waals surface area contributed by atoms with E-state index in [4.69, 9.17) is 0 Å². The number of rotatable bonds is 6. The zero-order valence-corrected chi connectivity index (χ0v) is 10.6. The highest BCUT2D eigenvalue weighted by Gasteiger charge is 2.26. The quantitative estimate of drug-likeness (QED) is 0.712.